The Morgan fingerprint density at radius 1 is 1.33 bits per heavy atom. The lowest BCUT2D eigenvalue weighted by Gasteiger charge is -2.14. The first-order valence-corrected chi connectivity index (χ1v) is 5.30. The fourth-order valence-electron chi connectivity index (χ4n) is 1.37. The molecule has 0 spiro atoms. The number of rotatable bonds is 6. The molecule has 3 nitrogen and oxygen atoms in total. The number of ether oxygens (including phenoxy) is 2. The molecule has 0 aliphatic carbocycles. The second-order valence-corrected chi connectivity index (χ2v) is 3.39. The van der Waals surface area contributed by atoms with E-state index in [0.29, 0.717) is 6.61 Å². The van der Waals surface area contributed by atoms with E-state index >= 15 is 0 Å². The maximum Gasteiger partial charge on any atom is 0.123 e. The van der Waals surface area contributed by atoms with Crippen LogP contribution in [-0.4, -0.2) is 26.3 Å². The molecule has 0 amide bonds. The number of hydrogen-bond donors (Lipinski definition) is 1. The van der Waals surface area contributed by atoms with Crippen molar-refractivity contribution in [2.24, 2.45) is 0 Å². The molecule has 0 aliphatic heterocycles. The van der Waals surface area contributed by atoms with Crippen molar-refractivity contribution in [1.82, 2.24) is 5.32 Å². The van der Waals surface area contributed by atoms with E-state index in [4.69, 9.17) is 9.47 Å². The third kappa shape index (κ3) is 4.21. The Balaban J connectivity index is 2.56. The Morgan fingerprint density at radius 3 is 2.73 bits per heavy atom. The van der Waals surface area contributed by atoms with Gasteiger partial charge in [-0.15, -0.1) is 0 Å². The number of nitrogens with one attached hydrogen (secondary N) is 1. The summed E-state index contributed by atoms with van der Waals surface area (Å²) in [6, 6.07) is 7.72. The van der Waals surface area contributed by atoms with Gasteiger partial charge in [-0.2, -0.15) is 0 Å². The number of benzene rings is 1. The van der Waals surface area contributed by atoms with Crippen LogP contribution in [-0.2, 0) is 0 Å². The van der Waals surface area contributed by atoms with Crippen molar-refractivity contribution in [2.45, 2.75) is 20.0 Å². The van der Waals surface area contributed by atoms with Gasteiger partial charge in [-0.05, 0) is 33.0 Å². The molecule has 0 aromatic heterocycles. The van der Waals surface area contributed by atoms with E-state index in [1.165, 1.54) is 0 Å². The highest BCUT2D eigenvalue weighted by atomic mass is 16.5. The highest BCUT2D eigenvalue weighted by Crippen LogP contribution is 2.20. The molecule has 0 saturated carbocycles. The third-order valence-corrected chi connectivity index (χ3v) is 1.95. The second-order valence-electron chi connectivity index (χ2n) is 3.39. The molecule has 3 heteroatoms. The smallest absolute Gasteiger partial charge is 0.123 e. The van der Waals surface area contributed by atoms with Crippen LogP contribution in [0.4, 0.5) is 0 Å². The monoisotopic (exact) mass is 209 g/mol. The number of hydrogen-bond acceptors (Lipinski definition) is 3. The molecule has 1 atom stereocenters. The average molecular weight is 209 g/mol. The van der Waals surface area contributed by atoms with Gasteiger partial charge in [0.05, 0.1) is 6.61 Å². The lowest BCUT2D eigenvalue weighted by Crippen LogP contribution is -2.25. The topological polar surface area (TPSA) is 30.5 Å². The summed E-state index contributed by atoms with van der Waals surface area (Å²) in [5, 5.41) is 3.07. The van der Waals surface area contributed by atoms with Gasteiger partial charge in [-0.1, -0.05) is 6.07 Å². The average Bonchev–Trinajstić information content (AvgIpc) is 2.19. The van der Waals surface area contributed by atoms with Gasteiger partial charge in [-0.25, -0.2) is 0 Å². The van der Waals surface area contributed by atoms with Gasteiger partial charge >= 0.3 is 0 Å². The normalized spacial score (nSPS) is 12.2. The maximum absolute atomic E-state index is 5.70. The van der Waals surface area contributed by atoms with Crippen molar-refractivity contribution in [3.8, 4) is 11.5 Å². The Labute approximate surface area is 91.4 Å². The van der Waals surface area contributed by atoms with Crippen LogP contribution in [0.15, 0.2) is 24.3 Å². The largest absolute Gasteiger partial charge is 0.494 e. The summed E-state index contributed by atoms with van der Waals surface area (Å²) < 4.78 is 11.1. The summed E-state index contributed by atoms with van der Waals surface area (Å²) in [6.07, 6.45) is 0.159. The maximum atomic E-state index is 5.70. The molecule has 1 unspecified atom stereocenters. The predicted molar refractivity (Wildman–Crippen MR) is 61.6 cm³/mol. The molecule has 1 rings (SSSR count). The van der Waals surface area contributed by atoms with Gasteiger partial charge < -0.3 is 14.8 Å². The van der Waals surface area contributed by atoms with Gasteiger partial charge in [0.25, 0.3) is 0 Å². The molecular weight excluding hydrogens is 190 g/mol. The van der Waals surface area contributed by atoms with Gasteiger partial charge in [0, 0.05) is 12.6 Å². The van der Waals surface area contributed by atoms with Crippen LogP contribution in [0.25, 0.3) is 0 Å². The minimum atomic E-state index is 0.159. The van der Waals surface area contributed by atoms with Crippen molar-refractivity contribution in [3.63, 3.8) is 0 Å². The first-order chi connectivity index (χ1) is 7.26. The van der Waals surface area contributed by atoms with Gasteiger partial charge in [0.15, 0.2) is 0 Å². The highest BCUT2D eigenvalue weighted by molar-refractivity contribution is 5.33. The zero-order valence-corrected chi connectivity index (χ0v) is 9.62. The van der Waals surface area contributed by atoms with Crippen molar-refractivity contribution >= 4 is 0 Å². The van der Waals surface area contributed by atoms with Crippen LogP contribution in [0.1, 0.15) is 13.8 Å². The molecule has 84 valence electrons. The van der Waals surface area contributed by atoms with Crippen molar-refractivity contribution in [2.75, 3.05) is 20.2 Å². The van der Waals surface area contributed by atoms with E-state index in [-0.39, 0.29) is 6.10 Å². The van der Waals surface area contributed by atoms with Crippen LogP contribution < -0.4 is 14.8 Å². The van der Waals surface area contributed by atoms with E-state index < -0.39 is 0 Å². The Bertz CT molecular complexity index is 289. The Kier molecular flexibility index (Phi) is 4.98. The summed E-state index contributed by atoms with van der Waals surface area (Å²) in [4.78, 5) is 0. The van der Waals surface area contributed by atoms with E-state index in [9.17, 15) is 0 Å². The summed E-state index contributed by atoms with van der Waals surface area (Å²) in [7, 11) is 1.91. The summed E-state index contributed by atoms with van der Waals surface area (Å²) in [5.74, 6) is 1.70. The SMILES string of the molecule is CCOc1cccc(OC(C)CNC)c1. The van der Waals surface area contributed by atoms with Gasteiger partial charge in [0.2, 0.25) is 0 Å². The highest BCUT2D eigenvalue weighted by Gasteiger charge is 2.03. The lowest BCUT2D eigenvalue weighted by molar-refractivity contribution is 0.219. The minimum Gasteiger partial charge on any atom is -0.494 e. The molecule has 15 heavy (non-hydrogen) atoms. The molecule has 1 aromatic carbocycles. The van der Waals surface area contributed by atoms with E-state index in [0.717, 1.165) is 18.0 Å². The Morgan fingerprint density at radius 2 is 2.07 bits per heavy atom. The second kappa shape index (κ2) is 6.30. The number of likely N-dealkylation sites (N-methyl/N-ethyl adjacent to an activating group) is 1. The molecule has 0 radical (unpaired) electrons. The third-order valence-electron chi connectivity index (χ3n) is 1.95. The molecule has 1 aromatic rings. The van der Waals surface area contributed by atoms with E-state index in [2.05, 4.69) is 5.32 Å². The zero-order valence-electron chi connectivity index (χ0n) is 9.62. The summed E-state index contributed by atoms with van der Waals surface area (Å²) in [6.45, 7) is 5.51. The van der Waals surface area contributed by atoms with Crippen LogP contribution in [0.5, 0.6) is 11.5 Å². The fraction of sp³-hybridized carbons (Fsp3) is 0.500. The Hall–Kier alpha value is -1.22. The summed E-state index contributed by atoms with van der Waals surface area (Å²) in [5.41, 5.74) is 0. The standard InChI is InChI=1S/C12H19NO2/c1-4-14-11-6-5-7-12(8-11)15-10(2)9-13-3/h5-8,10,13H,4,9H2,1-3H3. The van der Waals surface area contributed by atoms with Crippen molar-refractivity contribution in [1.29, 1.82) is 0 Å². The van der Waals surface area contributed by atoms with Crippen LogP contribution >= 0.6 is 0 Å². The molecule has 0 heterocycles. The van der Waals surface area contributed by atoms with Crippen LogP contribution in [0, 0.1) is 0 Å². The molecule has 0 bridgehead atoms. The van der Waals surface area contributed by atoms with Crippen LogP contribution in [0.2, 0.25) is 0 Å². The zero-order chi connectivity index (χ0) is 11.1. The van der Waals surface area contributed by atoms with E-state index in [1.54, 1.807) is 0 Å². The molecular formula is C12H19NO2. The molecule has 1 N–H and O–H groups in total. The molecule has 0 aliphatic rings. The fourth-order valence-corrected chi connectivity index (χ4v) is 1.37. The molecule has 0 fully saturated rings. The summed E-state index contributed by atoms with van der Waals surface area (Å²) >= 11 is 0. The first-order valence-electron chi connectivity index (χ1n) is 5.30. The van der Waals surface area contributed by atoms with Gasteiger partial charge in [-0.3, -0.25) is 0 Å². The molecule has 0 saturated heterocycles. The quantitative estimate of drug-likeness (QED) is 0.778. The van der Waals surface area contributed by atoms with Crippen molar-refractivity contribution < 1.29 is 9.47 Å². The van der Waals surface area contributed by atoms with Crippen molar-refractivity contribution in [3.05, 3.63) is 24.3 Å². The van der Waals surface area contributed by atoms with E-state index in [1.807, 2.05) is 45.2 Å². The van der Waals surface area contributed by atoms with Gasteiger partial charge in [0.1, 0.15) is 17.6 Å². The van der Waals surface area contributed by atoms with Crippen LogP contribution in [0.3, 0.4) is 0 Å². The minimum absolute atomic E-state index is 0.159. The first kappa shape index (κ1) is 11.9. The lowest BCUT2D eigenvalue weighted by atomic mass is 10.3. The predicted octanol–water partition coefficient (Wildman–Crippen LogP) is 2.07.